The molecule has 14 heavy (non-hydrogen) atoms. The van der Waals surface area contributed by atoms with Gasteiger partial charge in [0.2, 0.25) is 0 Å². The fraction of sp³-hybridized carbons (Fsp3) is 0.364. The Morgan fingerprint density at radius 3 is 2.50 bits per heavy atom. The van der Waals surface area contributed by atoms with Gasteiger partial charge < -0.3 is 4.74 Å². The van der Waals surface area contributed by atoms with E-state index in [1.807, 2.05) is 6.92 Å². The summed E-state index contributed by atoms with van der Waals surface area (Å²) < 4.78 is 17.7. The molecular formula is C11H11FO2. The van der Waals surface area contributed by atoms with Gasteiger partial charge in [0.15, 0.2) is 0 Å². The third-order valence-electron chi connectivity index (χ3n) is 2.44. The van der Waals surface area contributed by atoms with Crippen LogP contribution in [0.25, 0.3) is 0 Å². The lowest BCUT2D eigenvalue weighted by Gasteiger charge is -2.04. The summed E-state index contributed by atoms with van der Waals surface area (Å²) >= 11 is 0. The van der Waals surface area contributed by atoms with Crippen LogP contribution >= 0.6 is 0 Å². The maximum Gasteiger partial charge on any atom is 0.313 e. The van der Waals surface area contributed by atoms with E-state index in [9.17, 15) is 9.18 Å². The fourth-order valence-corrected chi connectivity index (χ4v) is 1.72. The van der Waals surface area contributed by atoms with Crippen molar-refractivity contribution in [3.8, 4) is 0 Å². The minimum absolute atomic E-state index is 0.0300. The molecule has 0 radical (unpaired) electrons. The van der Waals surface area contributed by atoms with Gasteiger partial charge in [-0.05, 0) is 24.6 Å². The molecule has 2 atom stereocenters. The number of esters is 1. The molecule has 0 saturated carbocycles. The molecule has 3 heteroatoms. The topological polar surface area (TPSA) is 26.3 Å². The highest BCUT2D eigenvalue weighted by Gasteiger charge is 2.32. The van der Waals surface area contributed by atoms with Crippen molar-refractivity contribution in [2.24, 2.45) is 0 Å². The van der Waals surface area contributed by atoms with Crippen LogP contribution in [0.15, 0.2) is 24.3 Å². The summed E-state index contributed by atoms with van der Waals surface area (Å²) in [6.45, 7) is 1.86. The summed E-state index contributed by atoms with van der Waals surface area (Å²) in [5.74, 6) is -0.706. The molecule has 1 aliphatic heterocycles. The number of carbonyl (C=O) groups is 1. The Kier molecular flexibility index (Phi) is 2.23. The minimum atomic E-state index is -0.284. The van der Waals surface area contributed by atoms with Gasteiger partial charge in [-0.1, -0.05) is 12.1 Å². The standard InChI is InChI=1S/C11H11FO2/c1-7-6-10(11(13)14-7)8-2-4-9(12)5-3-8/h2-5,7,10H,6H2,1H3. The summed E-state index contributed by atoms with van der Waals surface area (Å²) in [5.41, 5.74) is 0.834. The van der Waals surface area contributed by atoms with Crippen molar-refractivity contribution < 1.29 is 13.9 Å². The summed E-state index contributed by atoms with van der Waals surface area (Å²) in [4.78, 5) is 11.4. The maximum absolute atomic E-state index is 12.6. The second-order valence-corrected chi connectivity index (χ2v) is 3.59. The summed E-state index contributed by atoms with van der Waals surface area (Å²) in [7, 11) is 0. The predicted octanol–water partition coefficient (Wildman–Crippen LogP) is 2.24. The third kappa shape index (κ3) is 1.62. The Morgan fingerprint density at radius 1 is 1.36 bits per heavy atom. The van der Waals surface area contributed by atoms with Gasteiger partial charge in [-0.25, -0.2) is 4.39 Å². The molecule has 1 saturated heterocycles. The van der Waals surface area contributed by atoms with Gasteiger partial charge in [0.05, 0.1) is 5.92 Å². The van der Waals surface area contributed by atoms with Crippen LogP contribution in [0, 0.1) is 5.82 Å². The van der Waals surface area contributed by atoms with Crippen molar-refractivity contribution in [1.82, 2.24) is 0 Å². The quantitative estimate of drug-likeness (QED) is 0.641. The summed E-state index contributed by atoms with van der Waals surface area (Å²) in [6, 6.07) is 6.01. The molecule has 2 nitrogen and oxygen atoms in total. The second-order valence-electron chi connectivity index (χ2n) is 3.59. The van der Waals surface area contributed by atoms with E-state index in [-0.39, 0.29) is 23.8 Å². The van der Waals surface area contributed by atoms with Crippen molar-refractivity contribution in [2.45, 2.75) is 25.4 Å². The number of hydrogen-bond donors (Lipinski definition) is 0. The van der Waals surface area contributed by atoms with Crippen molar-refractivity contribution in [3.05, 3.63) is 35.6 Å². The first kappa shape index (κ1) is 9.19. The van der Waals surface area contributed by atoms with Crippen LogP contribution in [-0.4, -0.2) is 12.1 Å². The van der Waals surface area contributed by atoms with Crippen molar-refractivity contribution in [1.29, 1.82) is 0 Å². The van der Waals surface area contributed by atoms with Crippen molar-refractivity contribution in [3.63, 3.8) is 0 Å². The van der Waals surface area contributed by atoms with Gasteiger partial charge >= 0.3 is 5.97 Å². The molecule has 0 aliphatic carbocycles. The first-order valence-corrected chi connectivity index (χ1v) is 4.63. The van der Waals surface area contributed by atoms with Crippen molar-refractivity contribution >= 4 is 5.97 Å². The van der Waals surface area contributed by atoms with Crippen LogP contribution < -0.4 is 0 Å². The highest BCUT2D eigenvalue weighted by atomic mass is 19.1. The number of benzene rings is 1. The number of carbonyl (C=O) groups excluding carboxylic acids is 1. The number of hydrogen-bond acceptors (Lipinski definition) is 2. The van der Waals surface area contributed by atoms with Crippen LogP contribution in [0.4, 0.5) is 4.39 Å². The van der Waals surface area contributed by atoms with Crippen LogP contribution in [0.1, 0.15) is 24.8 Å². The second kappa shape index (κ2) is 3.40. The average Bonchev–Trinajstić information content (AvgIpc) is 2.47. The van der Waals surface area contributed by atoms with E-state index in [1.165, 1.54) is 12.1 Å². The van der Waals surface area contributed by atoms with Crippen LogP contribution in [0.3, 0.4) is 0 Å². The lowest BCUT2D eigenvalue weighted by molar-refractivity contribution is -0.141. The minimum Gasteiger partial charge on any atom is -0.462 e. The van der Waals surface area contributed by atoms with E-state index in [2.05, 4.69) is 0 Å². The first-order valence-electron chi connectivity index (χ1n) is 4.63. The van der Waals surface area contributed by atoms with E-state index >= 15 is 0 Å². The zero-order chi connectivity index (χ0) is 10.1. The molecule has 74 valence electrons. The number of halogens is 1. The molecule has 0 bridgehead atoms. The Bertz CT molecular complexity index is 345. The molecule has 2 rings (SSSR count). The smallest absolute Gasteiger partial charge is 0.313 e. The predicted molar refractivity (Wildman–Crippen MR) is 49.3 cm³/mol. The molecule has 0 N–H and O–H groups in total. The molecule has 2 unspecified atom stereocenters. The molecular weight excluding hydrogens is 183 g/mol. The van der Waals surface area contributed by atoms with Crippen LogP contribution in [0.2, 0.25) is 0 Å². The fourth-order valence-electron chi connectivity index (χ4n) is 1.72. The van der Waals surface area contributed by atoms with Gasteiger partial charge in [-0.2, -0.15) is 0 Å². The number of cyclic esters (lactones) is 1. The number of ether oxygens (including phenoxy) is 1. The van der Waals surface area contributed by atoms with E-state index in [1.54, 1.807) is 12.1 Å². The van der Waals surface area contributed by atoms with Gasteiger partial charge in [0.25, 0.3) is 0 Å². The van der Waals surface area contributed by atoms with Gasteiger partial charge in [0, 0.05) is 6.42 Å². The molecule has 1 aromatic carbocycles. The Balaban J connectivity index is 2.23. The lowest BCUT2D eigenvalue weighted by Crippen LogP contribution is -2.05. The summed E-state index contributed by atoms with van der Waals surface area (Å²) in [5, 5.41) is 0. The van der Waals surface area contributed by atoms with E-state index in [0.717, 1.165) is 5.56 Å². The Morgan fingerprint density at radius 2 is 2.00 bits per heavy atom. The van der Waals surface area contributed by atoms with E-state index in [0.29, 0.717) is 6.42 Å². The molecule has 0 amide bonds. The lowest BCUT2D eigenvalue weighted by atomic mass is 9.96. The maximum atomic E-state index is 12.6. The van der Waals surface area contributed by atoms with Crippen LogP contribution in [0.5, 0.6) is 0 Å². The highest BCUT2D eigenvalue weighted by molar-refractivity contribution is 5.80. The number of rotatable bonds is 1. The Hall–Kier alpha value is -1.38. The van der Waals surface area contributed by atoms with Crippen LogP contribution in [-0.2, 0) is 9.53 Å². The van der Waals surface area contributed by atoms with Gasteiger partial charge in [-0.15, -0.1) is 0 Å². The van der Waals surface area contributed by atoms with E-state index in [4.69, 9.17) is 4.74 Å². The molecule has 0 spiro atoms. The first-order chi connectivity index (χ1) is 6.66. The zero-order valence-corrected chi connectivity index (χ0v) is 7.87. The summed E-state index contributed by atoms with van der Waals surface area (Å²) in [6.07, 6.45) is 0.655. The molecule has 1 aliphatic rings. The highest BCUT2D eigenvalue weighted by Crippen LogP contribution is 2.30. The monoisotopic (exact) mass is 194 g/mol. The average molecular weight is 194 g/mol. The SMILES string of the molecule is CC1CC(c2ccc(F)cc2)C(=O)O1. The van der Waals surface area contributed by atoms with Crippen molar-refractivity contribution in [2.75, 3.05) is 0 Å². The van der Waals surface area contributed by atoms with Gasteiger partial charge in [-0.3, -0.25) is 4.79 Å². The normalized spacial score (nSPS) is 26.3. The van der Waals surface area contributed by atoms with E-state index < -0.39 is 0 Å². The zero-order valence-electron chi connectivity index (χ0n) is 7.87. The molecule has 0 aromatic heterocycles. The van der Waals surface area contributed by atoms with Gasteiger partial charge in [0.1, 0.15) is 11.9 Å². The Labute approximate surface area is 81.7 Å². The molecule has 1 fully saturated rings. The largest absolute Gasteiger partial charge is 0.462 e. The molecule has 1 aromatic rings. The molecule has 1 heterocycles. The third-order valence-corrected chi connectivity index (χ3v) is 2.44.